The molecule has 2 aromatic rings. The molecule has 1 fully saturated rings. The Morgan fingerprint density at radius 2 is 1.84 bits per heavy atom. The first-order chi connectivity index (χ1) is 9.08. The van der Waals surface area contributed by atoms with E-state index in [2.05, 4.69) is 27.6 Å². The summed E-state index contributed by atoms with van der Waals surface area (Å²) in [7, 11) is 4.10. The SMILES string of the molecule is Cc1nc(N(C)C)c2c(C)cn(C3CCCC3)c2n1. The van der Waals surface area contributed by atoms with Crippen LogP contribution >= 0.6 is 0 Å². The van der Waals surface area contributed by atoms with Crippen molar-refractivity contribution in [2.75, 3.05) is 19.0 Å². The van der Waals surface area contributed by atoms with Gasteiger partial charge in [0.1, 0.15) is 17.3 Å². The van der Waals surface area contributed by atoms with E-state index in [4.69, 9.17) is 4.98 Å². The van der Waals surface area contributed by atoms with Crippen molar-refractivity contribution in [2.45, 2.75) is 45.6 Å². The predicted molar refractivity (Wildman–Crippen MR) is 78.8 cm³/mol. The maximum absolute atomic E-state index is 4.71. The Labute approximate surface area is 114 Å². The molecule has 0 saturated heterocycles. The summed E-state index contributed by atoms with van der Waals surface area (Å²) in [5, 5.41) is 1.21. The molecule has 1 saturated carbocycles. The molecule has 1 aliphatic carbocycles. The molecular weight excluding hydrogens is 236 g/mol. The summed E-state index contributed by atoms with van der Waals surface area (Å²) in [6, 6.07) is 0.625. The zero-order chi connectivity index (χ0) is 13.6. The topological polar surface area (TPSA) is 34.0 Å². The van der Waals surface area contributed by atoms with E-state index in [0.717, 1.165) is 17.3 Å². The molecule has 2 aromatic heterocycles. The van der Waals surface area contributed by atoms with Crippen molar-refractivity contribution < 1.29 is 0 Å². The van der Waals surface area contributed by atoms with Crippen molar-refractivity contribution in [1.29, 1.82) is 0 Å². The first kappa shape index (κ1) is 12.5. The molecular formula is C15H22N4. The van der Waals surface area contributed by atoms with E-state index in [1.165, 1.54) is 36.6 Å². The van der Waals surface area contributed by atoms with Crippen molar-refractivity contribution >= 4 is 16.9 Å². The van der Waals surface area contributed by atoms with Crippen LogP contribution in [-0.4, -0.2) is 28.6 Å². The Balaban J connectivity index is 2.25. The lowest BCUT2D eigenvalue weighted by Crippen LogP contribution is -2.13. The summed E-state index contributed by atoms with van der Waals surface area (Å²) in [6.45, 7) is 4.15. The fourth-order valence-electron chi connectivity index (χ4n) is 3.20. The number of hydrogen-bond acceptors (Lipinski definition) is 3. The molecule has 0 amide bonds. The van der Waals surface area contributed by atoms with Crippen molar-refractivity contribution in [1.82, 2.24) is 14.5 Å². The van der Waals surface area contributed by atoms with Crippen molar-refractivity contribution in [3.05, 3.63) is 17.6 Å². The molecule has 0 aliphatic heterocycles. The summed E-state index contributed by atoms with van der Waals surface area (Å²) >= 11 is 0. The van der Waals surface area contributed by atoms with Gasteiger partial charge in [0.15, 0.2) is 0 Å². The third-order valence-electron chi connectivity index (χ3n) is 4.10. The monoisotopic (exact) mass is 258 g/mol. The second-order valence-corrected chi connectivity index (χ2v) is 5.85. The van der Waals surface area contributed by atoms with Crippen molar-refractivity contribution in [2.24, 2.45) is 0 Å². The number of nitrogens with zero attached hydrogens (tertiary/aromatic N) is 4. The van der Waals surface area contributed by atoms with Crippen LogP contribution in [0.2, 0.25) is 0 Å². The summed E-state index contributed by atoms with van der Waals surface area (Å²) in [6.07, 6.45) is 7.51. The molecule has 102 valence electrons. The van der Waals surface area contributed by atoms with Crippen LogP contribution in [0.15, 0.2) is 6.20 Å². The average Bonchev–Trinajstić information content (AvgIpc) is 2.96. The quantitative estimate of drug-likeness (QED) is 0.829. The van der Waals surface area contributed by atoms with E-state index in [1.807, 2.05) is 21.0 Å². The van der Waals surface area contributed by atoms with Gasteiger partial charge >= 0.3 is 0 Å². The number of rotatable bonds is 2. The molecule has 19 heavy (non-hydrogen) atoms. The van der Waals surface area contributed by atoms with Gasteiger partial charge in [-0.15, -0.1) is 0 Å². The molecule has 0 radical (unpaired) electrons. The number of aryl methyl sites for hydroxylation is 2. The van der Waals surface area contributed by atoms with E-state index in [-0.39, 0.29) is 0 Å². The largest absolute Gasteiger partial charge is 0.362 e. The highest BCUT2D eigenvalue weighted by atomic mass is 15.2. The molecule has 0 aromatic carbocycles. The number of hydrogen-bond donors (Lipinski definition) is 0. The van der Waals surface area contributed by atoms with Crippen LogP contribution in [0.25, 0.3) is 11.0 Å². The van der Waals surface area contributed by atoms with Gasteiger partial charge in [0.25, 0.3) is 0 Å². The fraction of sp³-hybridized carbons (Fsp3) is 0.600. The Morgan fingerprint density at radius 1 is 1.16 bits per heavy atom. The Morgan fingerprint density at radius 3 is 2.47 bits per heavy atom. The Hall–Kier alpha value is -1.58. The molecule has 1 aliphatic rings. The van der Waals surface area contributed by atoms with Gasteiger partial charge < -0.3 is 9.47 Å². The van der Waals surface area contributed by atoms with E-state index in [1.54, 1.807) is 0 Å². The smallest absolute Gasteiger partial charge is 0.146 e. The highest BCUT2D eigenvalue weighted by Crippen LogP contribution is 2.35. The highest BCUT2D eigenvalue weighted by Gasteiger charge is 2.22. The number of aromatic nitrogens is 3. The second-order valence-electron chi connectivity index (χ2n) is 5.85. The molecule has 0 unspecified atom stereocenters. The lowest BCUT2D eigenvalue weighted by Gasteiger charge is -2.16. The normalized spacial score (nSPS) is 16.4. The van der Waals surface area contributed by atoms with Crippen LogP contribution in [0.3, 0.4) is 0 Å². The second kappa shape index (κ2) is 4.51. The van der Waals surface area contributed by atoms with Crippen LogP contribution in [0.5, 0.6) is 0 Å². The molecule has 0 bridgehead atoms. The highest BCUT2D eigenvalue weighted by molar-refractivity contribution is 5.91. The van der Waals surface area contributed by atoms with Gasteiger partial charge in [0.05, 0.1) is 5.39 Å². The first-order valence-corrected chi connectivity index (χ1v) is 7.11. The first-order valence-electron chi connectivity index (χ1n) is 7.11. The maximum atomic E-state index is 4.71. The summed E-state index contributed by atoms with van der Waals surface area (Å²) < 4.78 is 2.39. The third-order valence-corrected chi connectivity index (χ3v) is 4.10. The Kier molecular flexibility index (Phi) is 2.96. The predicted octanol–water partition coefficient (Wildman–Crippen LogP) is 3.23. The fourth-order valence-corrected chi connectivity index (χ4v) is 3.20. The molecule has 4 nitrogen and oxygen atoms in total. The van der Waals surface area contributed by atoms with Gasteiger partial charge in [-0.1, -0.05) is 12.8 Å². The van der Waals surface area contributed by atoms with E-state index >= 15 is 0 Å². The van der Waals surface area contributed by atoms with Crippen LogP contribution < -0.4 is 4.90 Å². The van der Waals surface area contributed by atoms with E-state index in [0.29, 0.717) is 6.04 Å². The molecule has 0 spiro atoms. The molecule has 0 atom stereocenters. The minimum atomic E-state index is 0.625. The zero-order valence-corrected chi connectivity index (χ0v) is 12.3. The molecule has 0 N–H and O–H groups in total. The van der Waals surface area contributed by atoms with Gasteiger partial charge in [-0.25, -0.2) is 9.97 Å². The van der Waals surface area contributed by atoms with E-state index in [9.17, 15) is 0 Å². The van der Waals surface area contributed by atoms with Crippen LogP contribution in [-0.2, 0) is 0 Å². The van der Waals surface area contributed by atoms with E-state index < -0.39 is 0 Å². The molecule has 2 heterocycles. The molecule has 3 rings (SSSR count). The van der Waals surface area contributed by atoms with Gasteiger partial charge in [0.2, 0.25) is 0 Å². The maximum Gasteiger partial charge on any atom is 0.146 e. The summed E-state index contributed by atoms with van der Waals surface area (Å²) in [4.78, 5) is 11.4. The Bertz CT molecular complexity index is 606. The van der Waals surface area contributed by atoms with Crippen molar-refractivity contribution in [3.63, 3.8) is 0 Å². The lowest BCUT2D eigenvalue weighted by molar-refractivity contribution is 0.531. The van der Waals surface area contributed by atoms with Gasteiger partial charge in [0, 0.05) is 26.3 Å². The minimum absolute atomic E-state index is 0.625. The third kappa shape index (κ3) is 1.99. The minimum Gasteiger partial charge on any atom is -0.362 e. The lowest BCUT2D eigenvalue weighted by atomic mass is 10.2. The van der Waals surface area contributed by atoms with Crippen LogP contribution in [0.1, 0.15) is 43.1 Å². The van der Waals surface area contributed by atoms with Gasteiger partial charge in [-0.2, -0.15) is 0 Å². The van der Waals surface area contributed by atoms with Crippen molar-refractivity contribution in [3.8, 4) is 0 Å². The zero-order valence-electron chi connectivity index (χ0n) is 12.3. The standard InChI is InChI=1S/C15H22N4/c1-10-9-19(12-7-5-6-8-12)15-13(10)14(18(3)4)16-11(2)17-15/h9,12H,5-8H2,1-4H3. The summed E-state index contributed by atoms with van der Waals surface area (Å²) in [5.41, 5.74) is 2.39. The van der Waals surface area contributed by atoms with Gasteiger partial charge in [-0.3, -0.25) is 0 Å². The van der Waals surface area contributed by atoms with Crippen LogP contribution in [0, 0.1) is 13.8 Å². The number of fused-ring (bicyclic) bond motifs is 1. The van der Waals surface area contributed by atoms with Crippen LogP contribution in [0.4, 0.5) is 5.82 Å². The average molecular weight is 258 g/mol. The van der Waals surface area contributed by atoms with Gasteiger partial charge in [-0.05, 0) is 32.3 Å². The molecule has 4 heteroatoms. The number of anilines is 1. The summed E-state index contributed by atoms with van der Waals surface area (Å²) in [5.74, 6) is 1.89.